The zero-order valence-corrected chi connectivity index (χ0v) is 18.5. The lowest BCUT2D eigenvalue weighted by molar-refractivity contribution is -0.127. The van der Waals surface area contributed by atoms with Crippen LogP contribution in [0.5, 0.6) is 0 Å². The van der Waals surface area contributed by atoms with Crippen molar-refractivity contribution in [1.82, 2.24) is 19.8 Å². The maximum absolute atomic E-state index is 13.5. The van der Waals surface area contributed by atoms with Gasteiger partial charge in [-0.05, 0) is 61.3 Å². The van der Waals surface area contributed by atoms with Gasteiger partial charge in [-0.3, -0.25) is 14.3 Å². The first-order chi connectivity index (χ1) is 16.2. The van der Waals surface area contributed by atoms with E-state index in [-0.39, 0.29) is 17.6 Å². The molecule has 33 heavy (non-hydrogen) atoms. The van der Waals surface area contributed by atoms with Gasteiger partial charge in [-0.2, -0.15) is 0 Å². The molecule has 1 fully saturated rings. The normalized spacial score (nSPS) is 16.7. The highest BCUT2D eigenvalue weighted by atomic mass is 19.1. The van der Waals surface area contributed by atoms with E-state index in [1.165, 1.54) is 12.1 Å². The molecule has 5 rings (SSSR count). The molecule has 2 heterocycles. The van der Waals surface area contributed by atoms with Gasteiger partial charge < -0.3 is 5.32 Å². The molecule has 0 radical (unpaired) electrons. The molecule has 0 saturated carbocycles. The first-order valence-electron chi connectivity index (χ1n) is 11.4. The van der Waals surface area contributed by atoms with Gasteiger partial charge in [-0.1, -0.05) is 42.5 Å². The molecule has 3 aromatic carbocycles. The molecule has 0 bridgehead atoms. The van der Waals surface area contributed by atoms with E-state index in [4.69, 9.17) is 4.98 Å². The number of fused-ring (bicyclic) bond motifs is 1. The number of carbonyl (C=O) groups excluding carboxylic acids is 1. The highest BCUT2D eigenvalue weighted by Gasteiger charge is 2.27. The molecule has 6 heteroatoms. The number of rotatable bonds is 6. The summed E-state index contributed by atoms with van der Waals surface area (Å²) in [4.78, 5) is 20.0. The largest absolute Gasteiger partial charge is 0.352 e. The van der Waals surface area contributed by atoms with Crippen LogP contribution < -0.4 is 5.32 Å². The van der Waals surface area contributed by atoms with Gasteiger partial charge in [0.25, 0.3) is 0 Å². The van der Waals surface area contributed by atoms with E-state index < -0.39 is 0 Å². The van der Waals surface area contributed by atoms with Gasteiger partial charge in [0.1, 0.15) is 11.6 Å². The van der Waals surface area contributed by atoms with Crippen LogP contribution in [-0.2, 0) is 17.9 Å². The van der Waals surface area contributed by atoms with Crippen LogP contribution >= 0.6 is 0 Å². The number of amides is 1. The summed E-state index contributed by atoms with van der Waals surface area (Å²) in [6.45, 7) is 2.81. The van der Waals surface area contributed by atoms with Gasteiger partial charge in [-0.25, -0.2) is 9.37 Å². The Kier molecular flexibility index (Phi) is 6.17. The summed E-state index contributed by atoms with van der Waals surface area (Å²) in [6.07, 6.45) is 1.87. The van der Waals surface area contributed by atoms with Crippen molar-refractivity contribution in [2.45, 2.75) is 25.9 Å². The number of nitrogens with one attached hydrogen (secondary N) is 1. The molecule has 1 aliphatic heterocycles. The monoisotopic (exact) mass is 442 g/mol. The lowest BCUT2D eigenvalue weighted by Crippen LogP contribution is -2.42. The number of halogens is 1. The Morgan fingerprint density at radius 3 is 2.58 bits per heavy atom. The lowest BCUT2D eigenvalue weighted by Gasteiger charge is -2.31. The second-order valence-electron chi connectivity index (χ2n) is 8.61. The summed E-state index contributed by atoms with van der Waals surface area (Å²) >= 11 is 0. The van der Waals surface area contributed by atoms with Gasteiger partial charge in [0.05, 0.1) is 23.5 Å². The maximum atomic E-state index is 13.5. The minimum Gasteiger partial charge on any atom is -0.352 e. The van der Waals surface area contributed by atoms with Crippen molar-refractivity contribution in [3.05, 3.63) is 96.1 Å². The Labute approximate surface area is 192 Å². The lowest BCUT2D eigenvalue weighted by atomic mass is 9.97. The number of hydrogen-bond donors (Lipinski definition) is 1. The second kappa shape index (κ2) is 9.55. The van der Waals surface area contributed by atoms with Crippen LogP contribution in [0.4, 0.5) is 4.39 Å². The van der Waals surface area contributed by atoms with E-state index in [0.29, 0.717) is 19.6 Å². The number of aromatic nitrogens is 2. The van der Waals surface area contributed by atoms with E-state index in [0.717, 1.165) is 47.5 Å². The van der Waals surface area contributed by atoms with Crippen molar-refractivity contribution in [3.8, 4) is 5.69 Å². The first kappa shape index (κ1) is 21.3. The number of nitrogens with zero attached hydrogens (tertiary/aromatic N) is 3. The van der Waals surface area contributed by atoms with Crippen LogP contribution in [0, 0.1) is 11.7 Å². The van der Waals surface area contributed by atoms with Crippen molar-refractivity contribution in [2.75, 3.05) is 13.1 Å². The van der Waals surface area contributed by atoms with Gasteiger partial charge in [0, 0.05) is 18.8 Å². The summed E-state index contributed by atoms with van der Waals surface area (Å²) in [6, 6.07) is 24.5. The van der Waals surface area contributed by atoms with Crippen molar-refractivity contribution in [2.24, 2.45) is 5.92 Å². The third kappa shape index (κ3) is 4.81. The Hall–Kier alpha value is -3.51. The summed E-state index contributed by atoms with van der Waals surface area (Å²) in [5.41, 5.74) is 3.89. The van der Waals surface area contributed by atoms with Crippen LogP contribution in [0.15, 0.2) is 78.9 Å². The van der Waals surface area contributed by atoms with E-state index in [9.17, 15) is 9.18 Å². The number of imidazole rings is 1. The zero-order chi connectivity index (χ0) is 22.6. The van der Waals surface area contributed by atoms with E-state index in [2.05, 4.69) is 14.8 Å². The fraction of sp³-hybridized carbons (Fsp3) is 0.259. The molecule has 0 spiro atoms. The quantitative estimate of drug-likeness (QED) is 0.471. The predicted octanol–water partition coefficient (Wildman–Crippen LogP) is 4.69. The SMILES string of the molecule is O=C(NCc1ccccc1)[C@H]1CCCN(Cc2nc3ccccc3n2-c2ccc(F)cc2)C1. The molecule has 1 N–H and O–H groups in total. The molecule has 1 aromatic heterocycles. The van der Waals surface area contributed by atoms with Crippen molar-refractivity contribution < 1.29 is 9.18 Å². The van der Waals surface area contributed by atoms with Crippen molar-refractivity contribution in [1.29, 1.82) is 0 Å². The van der Waals surface area contributed by atoms with Gasteiger partial charge in [0.2, 0.25) is 5.91 Å². The maximum Gasteiger partial charge on any atom is 0.224 e. The Morgan fingerprint density at radius 2 is 1.76 bits per heavy atom. The fourth-order valence-electron chi connectivity index (χ4n) is 4.60. The van der Waals surface area contributed by atoms with E-state index in [1.54, 1.807) is 12.1 Å². The third-order valence-electron chi connectivity index (χ3n) is 6.27. The van der Waals surface area contributed by atoms with Crippen LogP contribution in [0.3, 0.4) is 0 Å². The molecule has 1 amide bonds. The number of piperidine rings is 1. The molecular weight excluding hydrogens is 415 g/mol. The summed E-state index contributed by atoms with van der Waals surface area (Å²) in [5.74, 6) is 0.708. The van der Waals surface area contributed by atoms with E-state index in [1.807, 2.05) is 54.6 Å². The molecule has 0 aliphatic carbocycles. The Balaban J connectivity index is 1.32. The predicted molar refractivity (Wildman–Crippen MR) is 127 cm³/mol. The number of carbonyl (C=O) groups is 1. The molecule has 0 unspecified atom stereocenters. The second-order valence-corrected chi connectivity index (χ2v) is 8.61. The Morgan fingerprint density at radius 1 is 1.00 bits per heavy atom. The summed E-state index contributed by atoms with van der Waals surface area (Å²) in [7, 11) is 0. The Bertz CT molecular complexity index is 1240. The van der Waals surface area contributed by atoms with Gasteiger partial charge >= 0.3 is 0 Å². The van der Waals surface area contributed by atoms with Crippen molar-refractivity contribution >= 4 is 16.9 Å². The highest BCUT2D eigenvalue weighted by molar-refractivity contribution is 5.79. The van der Waals surface area contributed by atoms with Crippen LogP contribution in [-0.4, -0.2) is 33.4 Å². The average Bonchev–Trinajstić information content (AvgIpc) is 3.21. The number of benzene rings is 3. The fourth-order valence-corrected chi connectivity index (χ4v) is 4.60. The third-order valence-corrected chi connectivity index (χ3v) is 6.27. The minimum absolute atomic E-state index is 0.0360. The molecule has 1 saturated heterocycles. The molecule has 168 valence electrons. The zero-order valence-electron chi connectivity index (χ0n) is 18.5. The topological polar surface area (TPSA) is 50.2 Å². The smallest absolute Gasteiger partial charge is 0.224 e. The van der Waals surface area contributed by atoms with Gasteiger partial charge in [0.15, 0.2) is 0 Å². The molecular formula is C27H27FN4O. The molecule has 5 nitrogen and oxygen atoms in total. The minimum atomic E-state index is -0.259. The number of hydrogen-bond acceptors (Lipinski definition) is 3. The number of para-hydroxylation sites is 2. The summed E-state index contributed by atoms with van der Waals surface area (Å²) in [5, 5.41) is 3.10. The van der Waals surface area contributed by atoms with Crippen LogP contribution in [0.25, 0.3) is 16.7 Å². The van der Waals surface area contributed by atoms with Crippen LogP contribution in [0.1, 0.15) is 24.2 Å². The van der Waals surface area contributed by atoms with Crippen LogP contribution in [0.2, 0.25) is 0 Å². The molecule has 1 aliphatic rings. The summed E-state index contributed by atoms with van der Waals surface area (Å²) < 4.78 is 15.6. The number of likely N-dealkylation sites (tertiary alicyclic amines) is 1. The average molecular weight is 443 g/mol. The molecule has 1 atom stereocenters. The van der Waals surface area contributed by atoms with Gasteiger partial charge in [-0.15, -0.1) is 0 Å². The standard InChI is InChI=1S/C27H27FN4O/c28-22-12-14-23(15-13-22)32-25-11-5-4-10-24(25)30-26(32)19-31-16-6-9-21(18-31)27(33)29-17-20-7-2-1-3-8-20/h1-5,7-8,10-15,21H,6,9,16-19H2,(H,29,33)/t21-/m0/s1. The first-order valence-corrected chi connectivity index (χ1v) is 11.4. The highest BCUT2D eigenvalue weighted by Crippen LogP contribution is 2.25. The molecule has 4 aromatic rings. The van der Waals surface area contributed by atoms with E-state index >= 15 is 0 Å². The van der Waals surface area contributed by atoms with Crippen molar-refractivity contribution in [3.63, 3.8) is 0 Å².